The molecule has 1 saturated carbocycles. The van der Waals surface area contributed by atoms with Crippen LogP contribution in [0.1, 0.15) is 17.9 Å². The molecule has 2 unspecified atom stereocenters. The number of halogens is 1. The van der Waals surface area contributed by atoms with Gasteiger partial charge in [-0.3, -0.25) is 0 Å². The fourth-order valence-electron chi connectivity index (χ4n) is 1.30. The van der Waals surface area contributed by atoms with E-state index in [-0.39, 0.29) is 12.4 Å². The monoisotopic (exact) mass is 168 g/mol. The summed E-state index contributed by atoms with van der Waals surface area (Å²) in [5.41, 5.74) is 7.10. The van der Waals surface area contributed by atoms with Gasteiger partial charge in [0.25, 0.3) is 0 Å². The molecule has 2 atom stereocenters. The van der Waals surface area contributed by atoms with Crippen LogP contribution in [0.25, 0.3) is 0 Å². The summed E-state index contributed by atoms with van der Waals surface area (Å²) in [6.45, 7) is 0. The molecule has 1 nitrogen and oxygen atoms in total. The van der Waals surface area contributed by atoms with Crippen molar-refractivity contribution in [2.24, 2.45) is 5.73 Å². The standard InChI is InChI=1S/C9H11N.ClH/c10-9-6-8(9)7-4-2-1-3-5-7;/h1-5,8-9H,6,10H2;1H/p-1. The van der Waals surface area contributed by atoms with E-state index in [1.807, 2.05) is 6.07 Å². The number of hydrogen-bond acceptors (Lipinski definition) is 1. The Kier molecular flexibility index (Phi) is 2.53. The van der Waals surface area contributed by atoms with E-state index in [9.17, 15) is 0 Å². The summed E-state index contributed by atoms with van der Waals surface area (Å²) in [5.74, 6) is 0.654. The van der Waals surface area contributed by atoms with Crippen LogP contribution < -0.4 is 18.1 Å². The van der Waals surface area contributed by atoms with Crippen molar-refractivity contribution in [3.8, 4) is 0 Å². The van der Waals surface area contributed by atoms with Crippen molar-refractivity contribution in [2.75, 3.05) is 0 Å². The van der Waals surface area contributed by atoms with Crippen LogP contribution in [0.3, 0.4) is 0 Å². The Balaban J connectivity index is 0.000000605. The van der Waals surface area contributed by atoms with Gasteiger partial charge >= 0.3 is 0 Å². The van der Waals surface area contributed by atoms with E-state index in [0.717, 1.165) is 0 Å². The molecule has 2 N–H and O–H groups in total. The molecule has 0 saturated heterocycles. The van der Waals surface area contributed by atoms with Crippen LogP contribution in [0.4, 0.5) is 0 Å². The third kappa shape index (κ3) is 1.73. The lowest BCUT2D eigenvalue weighted by molar-refractivity contribution is -0.00000213. The van der Waals surface area contributed by atoms with E-state index in [0.29, 0.717) is 12.0 Å². The van der Waals surface area contributed by atoms with Gasteiger partial charge in [0.2, 0.25) is 0 Å². The Hall–Kier alpha value is -0.530. The Morgan fingerprint density at radius 1 is 1.18 bits per heavy atom. The second-order valence-corrected chi connectivity index (χ2v) is 2.92. The zero-order valence-electron chi connectivity index (χ0n) is 6.20. The van der Waals surface area contributed by atoms with Crippen LogP contribution in [-0.4, -0.2) is 6.04 Å². The maximum atomic E-state index is 5.70. The second kappa shape index (κ2) is 3.24. The van der Waals surface area contributed by atoms with Crippen LogP contribution >= 0.6 is 0 Å². The smallest absolute Gasteiger partial charge is 0.0115 e. The van der Waals surface area contributed by atoms with Crippen molar-refractivity contribution in [3.63, 3.8) is 0 Å². The van der Waals surface area contributed by atoms with Crippen LogP contribution in [-0.2, 0) is 0 Å². The van der Waals surface area contributed by atoms with Gasteiger partial charge in [0.1, 0.15) is 0 Å². The molecule has 0 aromatic heterocycles. The predicted molar refractivity (Wildman–Crippen MR) is 41.8 cm³/mol. The van der Waals surface area contributed by atoms with Crippen LogP contribution in [0.15, 0.2) is 30.3 Å². The van der Waals surface area contributed by atoms with Gasteiger partial charge in [-0.05, 0) is 12.0 Å². The lowest BCUT2D eigenvalue weighted by Gasteiger charge is -1.94. The first-order valence-electron chi connectivity index (χ1n) is 3.68. The Bertz CT molecular complexity index is 222. The zero-order valence-corrected chi connectivity index (χ0v) is 6.96. The highest BCUT2D eigenvalue weighted by atomic mass is 35.5. The molecule has 2 rings (SSSR count). The van der Waals surface area contributed by atoms with Crippen LogP contribution in [0.2, 0.25) is 0 Å². The quantitative estimate of drug-likeness (QED) is 0.543. The predicted octanol–water partition coefficient (Wildman–Crippen LogP) is -1.49. The molecule has 0 radical (unpaired) electrons. The first-order valence-corrected chi connectivity index (χ1v) is 3.68. The van der Waals surface area contributed by atoms with Gasteiger partial charge in [0, 0.05) is 12.0 Å². The van der Waals surface area contributed by atoms with E-state index in [1.54, 1.807) is 0 Å². The van der Waals surface area contributed by atoms with Crippen LogP contribution in [0, 0.1) is 0 Å². The third-order valence-electron chi connectivity index (χ3n) is 2.07. The first kappa shape index (κ1) is 8.57. The molecular weight excluding hydrogens is 158 g/mol. The minimum atomic E-state index is 0. The van der Waals surface area contributed by atoms with Crippen LogP contribution in [0.5, 0.6) is 0 Å². The van der Waals surface area contributed by atoms with Crippen molar-refractivity contribution in [2.45, 2.75) is 18.4 Å². The largest absolute Gasteiger partial charge is 1.00 e. The molecule has 0 aliphatic heterocycles. The fourth-order valence-corrected chi connectivity index (χ4v) is 1.30. The van der Waals surface area contributed by atoms with Gasteiger partial charge in [-0.15, -0.1) is 0 Å². The second-order valence-electron chi connectivity index (χ2n) is 2.92. The number of benzene rings is 1. The molecule has 2 heteroatoms. The van der Waals surface area contributed by atoms with E-state index < -0.39 is 0 Å². The molecule has 1 aromatic rings. The lowest BCUT2D eigenvalue weighted by Crippen LogP contribution is -3.00. The van der Waals surface area contributed by atoms with Crippen molar-refractivity contribution in [1.29, 1.82) is 0 Å². The highest BCUT2D eigenvalue weighted by Crippen LogP contribution is 2.38. The molecule has 1 aromatic carbocycles. The van der Waals surface area contributed by atoms with E-state index in [4.69, 9.17) is 5.73 Å². The van der Waals surface area contributed by atoms with Crippen molar-refractivity contribution in [3.05, 3.63) is 35.9 Å². The summed E-state index contributed by atoms with van der Waals surface area (Å²) in [6, 6.07) is 10.9. The fraction of sp³-hybridized carbons (Fsp3) is 0.333. The van der Waals surface area contributed by atoms with Gasteiger partial charge in [-0.2, -0.15) is 0 Å². The summed E-state index contributed by atoms with van der Waals surface area (Å²) in [5, 5.41) is 0. The van der Waals surface area contributed by atoms with Gasteiger partial charge in [-0.25, -0.2) is 0 Å². The van der Waals surface area contributed by atoms with E-state index >= 15 is 0 Å². The van der Waals surface area contributed by atoms with Crippen molar-refractivity contribution >= 4 is 0 Å². The first-order chi connectivity index (χ1) is 4.88. The van der Waals surface area contributed by atoms with Gasteiger partial charge in [0.05, 0.1) is 0 Å². The molecule has 1 aliphatic rings. The molecule has 0 spiro atoms. The van der Waals surface area contributed by atoms with Gasteiger partial charge < -0.3 is 18.1 Å². The molecular formula is C9H11ClN-. The molecule has 1 fully saturated rings. The SMILES string of the molecule is NC1CC1c1ccccc1.[Cl-]. The summed E-state index contributed by atoms with van der Waals surface area (Å²) in [4.78, 5) is 0. The minimum Gasteiger partial charge on any atom is -1.00 e. The average molecular weight is 169 g/mol. The highest BCUT2D eigenvalue weighted by Gasteiger charge is 2.34. The topological polar surface area (TPSA) is 26.0 Å². The maximum absolute atomic E-state index is 5.70. The highest BCUT2D eigenvalue weighted by molar-refractivity contribution is 5.26. The molecule has 11 heavy (non-hydrogen) atoms. The third-order valence-corrected chi connectivity index (χ3v) is 2.07. The molecule has 60 valence electrons. The molecule has 1 aliphatic carbocycles. The van der Waals surface area contributed by atoms with Gasteiger partial charge in [0.15, 0.2) is 0 Å². The Morgan fingerprint density at radius 2 is 1.73 bits per heavy atom. The number of nitrogens with two attached hydrogens (primary N) is 1. The van der Waals surface area contributed by atoms with Crippen molar-refractivity contribution < 1.29 is 12.4 Å². The summed E-state index contributed by atoms with van der Waals surface area (Å²) >= 11 is 0. The summed E-state index contributed by atoms with van der Waals surface area (Å²) < 4.78 is 0. The minimum absolute atomic E-state index is 0. The summed E-state index contributed by atoms with van der Waals surface area (Å²) in [6.07, 6.45) is 1.17. The Morgan fingerprint density at radius 3 is 2.18 bits per heavy atom. The lowest BCUT2D eigenvalue weighted by atomic mass is 10.1. The Labute approximate surface area is 73.0 Å². The normalized spacial score (nSPS) is 27.4. The zero-order chi connectivity index (χ0) is 6.97. The van der Waals surface area contributed by atoms with Gasteiger partial charge in [-0.1, -0.05) is 30.3 Å². The van der Waals surface area contributed by atoms with Crippen molar-refractivity contribution in [1.82, 2.24) is 0 Å². The number of hydrogen-bond donors (Lipinski definition) is 1. The summed E-state index contributed by atoms with van der Waals surface area (Å²) in [7, 11) is 0. The van der Waals surface area contributed by atoms with E-state index in [2.05, 4.69) is 24.3 Å². The molecule has 0 amide bonds. The molecule has 0 heterocycles. The maximum Gasteiger partial charge on any atom is 0.0115 e. The number of rotatable bonds is 1. The van der Waals surface area contributed by atoms with E-state index in [1.165, 1.54) is 12.0 Å². The average Bonchev–Trinajstić information content (AvgIpc) is 2.69. The molecule has 0 bridgehead atoms.